The first kappa shape index (κ1) is 38.7. The van der Waals surface area contributed by atoms with Gasteiger partial charge in [0.1, 0.15) is 18.1 Å². The quantitative estimate of drug-likeness (QED) is 0.0688. The monoisotopic (exact) mass is 658 g/mol. The fraction of sp³-hybridized carbons (Fsp3) is 0.576. The van der Waals surface area contributed by atoms with E-state index in [-0.39, 0.29) is 18.8 Å². The van der Waals surface area contributed by atoms with Crippen molar-refractivity contribution in [3.63, 3.8) is 0 Å². The van der Waals surface area contributed by atoms with Crippen LogP contribution in [0.4, 0.5) is 0 Å². The van der Waals surface area contributed by atoms with Gasteiger partial charge in [-0.25, -0.2) is 0 Å². The molecule has 2 aromatic rings. The standard InChI is InChI=1S/C33H51N7O7/c1-21(2)30(39(4)33(47)27(36-20-41)17-23-18-34-25-13-9-8-12-24(23)25)32(46)38-26(14-10-11-15-40(5,6)7)31(45)35-19-28(42)37-22(3)16-29(43)44/h8-9,12-13,18,20-22,26-27,30,34H,10-11,14-17,19H2,1-7H3,(H4-,35,36,37,38,41,42,43,44,45,46)/p+1. The zero-order chi connectivity index (χ0) is 35.3. The number of fused-ring (bicyclic) bond motifs is 1. The number of aliphatic carboxylic acids is 1. The van der Waals surface area contributed by atoms with Crippen LogP contribution in [-0.4, -0.2) is 121 Å². The van der Waals surface area contributed by atoms with Crippen molar-refractivity contribution >= 4 is 46.9 Å². The Labute approximate surface area is 276 Å². The molecule has 0 aliphatic rings. The molecule has 2 rings (SSSR count). The fourth-order valence-corrected chi connectivity index (χ4v) is 5.52. The van der Waals surface area contributed by atoms with Crippen LogP contribution in [0.5, 0.6) is 0 Å². The highest BCUT2D eigenvalue weighted by atomic mass is 16.4. The normalized spacial score (nSPS) is 14.0. The van der Waals surface area contributed by atoms with Crippen LogP contribution in [0.1, 0.15) is 52.0 Å². The number of aromatic amines is 1. The lowest BCUT2D eigenvalue weighted by atomic mass is 9.98. The number of carbonyl (C=O) groups is 6. The molecule has 1 heterocycles. The van der Waals surface area contributed by atoms with Gasteiger partial charge in [0.05, 0.1) is 40.7 Å². The maximum Gasteiger partial charge on any atom is 0.305 e. The van der Waals surface area contributed by atoms with Gasteiger partial charge in [-0.15, -0.1) is 0 Å². The van der Waals surface area contributed by atoms with Crippen LogP contribution in [0, 0.1) is 5.92 Å². The third-order valence-electron chi connectivity index (χ3n) is 7.85. The number of amides is 5. The summed E-state index contributed by atoms with van der Waals surface area (Å²) in [4.78, 5) is 80.1. The minimum absolute atomic E-state index is 0.197. The van der Waals surface area contributed by atoms with Crippen LogP contribution < -0.4 is 21.3 Å². The number of hydrogen-bond acceptors (Lipinski definition) is 6. The molecule has 0 saturated heterocycles. The van der Waals surface area contributed by atoms with E-state index < -0.39 is 60.3 Å². The minimum atomic E-state index is -1.06. The van der Waals surface area contributed by atoms with Crippen molar-refractivity contribution in [1.82, 2.24) is 31.2 Å². The Morgan fingerprint density at radius 1 is 0.979 bits per heavy atom. The Hall–Kier alpha value is -4.46. The summed E-state index contributed by atoms with van der Waals surface area (Å²) in [6, 6.07) is 4.08. The summed E-state index contributed by atoms with van der Waals surface area (Å²) >= 11 is 0. The SMILES string of the molecule is CC(CC(=O)O)NC(=O)CNC(=O)C(CCCC[N+](C)(C)C)NC(=O)C(C(C)C)N(C)C(=O)C(Cc1c[nH]c2ccccc12)NC=O. The van der Waals surface area contributed by atoms with Gasteiger partial charge in [-0.2, -0.15) is 0 Å². The number of rotatable bonds is 20. The first-order valence-corrected chi connectivity index (χ1v) is 15.9. The zero-order valence-corrected chi connectivity index (χ0v) is 28.6. The number of nitrogens with zero attached hydrogens (tertiary/aromatic N) is 2. The number of unbranched alkanes of at least 4 members (excludes halogenated alkanes) is 1. The van der Waals surface area contributed by atoms with Gasteiger partial charge in [-0.1, -0.05) is 32.0 Å². The molecule has 1 aromatic carbocycles. The Bertz CT molecular complexity index is 1380. The number of hydrogen-bond donors (Lipinski definition) is 6. The Morgan fingerprint density at radius 3 is 2.28 bits per heavy atom. The molecule has 4 unspecified atom stereocenters. The van der Waals surface area contributed by atoms with E-state index in [4.69, 9.17) is 5.11 Å². The lowest BCUT2D eigenvalue weighted by molar-refractivity contribution is -0.870. The number of quaternary nitrogens is 1. The largest absolute Gasteiger partial charge is 0.481 e. The predicted octanol–water partition coefficient (Wildman–Crippen LogP) is 0.765. The number of likely N-dealkylation sites (N-methyl/N-ethyl adjacent to an activating group) is 1. The molecule has 0 bridgehead atoms. The summed E-state index contributed by atoms with van der Waals surface area (Å²) in [7, 11) is 7.67. The van der Waals surface area contributed by atoms with Crippen molar-refractivity contribution in [1.29, 1.82) is 0 Å². The Morgan fingerprint density at radius 2 is 1.66 bits per heavy atom. The number of nitrogens with one attached hydrogen (secondary N) is 5. The molecule has 6 N–H and O–H groups in total. The van der Waals surface area contributed by atoms with Crippen LogP contribution in [0.3, 0.4) is 0 Å². The second-order valence-corrected chi connectivity index (χ2v) is 13.4. The average Bonchev–Trinajstić information content (AvgIpc) is 3.38. The van der Waals surface area contributed by atoms with Crippen molar-refractivity contribution < 1.29 is 38.4 Å². The number of para-hydroxylation sites is 1. The van der Waals surface area contributed by atoms with E-state index in [9.17, 15) is 28.8 Å². The van der Waals surface area contributed by atoms with Crippen LogP contribution in [0.25, 0.3) is 10.9 Å². The second kappa shape index (κ2) is 18.0. The number of carbonyl (C=O) groups excluding carboxylic acids is 5. The molecule has 14 nitrogen and oxygen atoms in total. The molecule has 260 valence electrons. The third-order valence-corrected chi connectivity index (χ3v) is 7.85. The maximum absolute atomic E-state index is 13.8. The van der Waals surface area contributed by atoms with E-state index in [1.807, 2.05) is 24.3 Å². The van der Waals surface area contributed by atoms with Gasteiger partial charge in [-0.3, -0.25) is 28.8 Å². The molecule has 14 heteroatoms. The molecule has 0 radical (unpaired) electrons. The van der Waals surface area contributed by atoms with E-state index in [0.29, 0.717) is 19.3 Å². The first-order chi connectivity index (χ1) is 22.0. The van der Waals surface area contributed by atoms with Gasteiger partial charge in [0.15, 0.2) is 0 Å². The molecular formula is C33H52N7O7+. The minimum Gasteiger partial charge on any atom is -0.481 e. The van der Waals surface area contributed by atoms with Crippen molar-refractivity contribution in [2.75, 3.05) is 41.3 Å². The summed E-state index contributed by atoms with van der Waals surface area (Å²) in [5, 5.41) is 20.3. The van der Waals surface area contributed by atoms with Gasteiger partial charge in [0.25, 0.3) is 0 Å². The number of aromatic nitrogens is 1. The molecule has 4 atom stereocenters. The van der Waals surface area contributed by atoms with Crippen molar-refractivity contribution in [3.05, 3.63) is 36.0 Å². The maximum atomic E-state index is 13.8. The molecule has 0 spiro atoms. The van der Waals surface area contributed by atoms with Crippen LogP contribution in [0.2, 0.25) is 0 Å². The van der Waals surface area contributed by atoms with E-state index in [1.165, 1.54) is 11.9 Å². The van der Waals surface area contributed by atoms with Gasteiger partial charge in [-0.05, 0) is 43.7 Å². The smallest absolute Gasteiger partial charge is 0.305 e. The second-order valence-electron chi connectivity index (χ2n) is 13.4. The van der Waals surface area contributed by atoms with Gasteiger partial charge >= 0.3 is 5.97 Å². The van der Waals surface area contributed by atoms with Crippen molar-refractivity contribution in [2.45, 2.75) is 77.0 Å². The highest BCUT2D eigenvalue weighted by molar-refractivity contribution is 5.95. The third kappa shape index (κ3) is 12.7. The van der Waals surface area contributed by atoms with Crippen LogP contribution >= 0.6 is 0 Å². The highest BCUT2D eigenvalue weighted by Crippen LogP contribution is 2.20. The van der Waals surface area contributed by atoms with Crippen molar-refractivity contribution in [3.8, 4) is 0 Å². The number of H-pyrrole nitrogens is 1. The molecule has 5 amide bonds. The molecule has 0 aliphatic carbocycles. The zero-order valence-electron chi connectivity index (χ0n) is 28.6. The molecule has 0 saturated carbocycles. The summed E-state index contributed by atoms with van der Waals surface area (Å²) in [5.74, 6) is -3.55. The highest BCUT2D eigenvalue weighted by Gasteiger charge is 2.35. The lowest BCUT2D eigenvalue weighted by Gasteiger charge is -2.33. The van der Waals surface area contributed by atoms with E-state index >= 15 is 0 Å². The molecule has 47 heavy (non-hydrogen) atoms. The number of carboxylic acid groups (broad SMARTS) is 1. The topological polar surface area (TPSA) is 190 Å². The van der Waals surface area contributed by atoms with Crippen LogP contribution in [-0.2, 0) is 35.2 Å². The van der Waals surface area contributed by atoms with Crippen molar-refractivity contribution in [2.24, 2.45) is 5.92 Å². The van der Waals surface area contributed by atoms with Crippen LogP contribution in [0.15, 0.2) is 30.5 Å². The summed E-state index contributed by atoms with van der Waals surface area (Å²) in [6.45, 7) is 5.57. The molecule has 0 fully saturated rings. The fourth-order valence-electron chi connectivity index (χ4n) is 5.52. The van der Waals surface area contributed by atoms with Gasteiger partial charge < -0.3 is 40.7 Å². The van der Waals surface area contributed by atoms with Gasteiger partial charge in [0, 0.05) is 36.6 Å². The molecule has 0 aliphatic heterocycles. The Kier molecular flexibility index (Phi) is 14.9. The van der Waals surface area contributed by atoms with E-state index in [0.717, 1.165) is 33.9 Å². The number of benzene rings is 1. The Balaban J connectivity index is 2.19. The molecule has 1 aromatic heterocycles. The van der Waals surface area contributed by atoms with Gasteiger partial charge in [0.2, 0.25) is 30.0 Å². The number of carboxylic acids is 1. The predicted molar refractivity (Wildman–Crippen MR) is 178 cm³/mol. The summed E-state index contributed by atoms with van der Waals surface area (Å²) in [6.07, 6.45) is 3.89. The van der Waals surface area contributed by atoms with E-state index in [1.54, 1.807) is 27.0 Å². The lowest BCUT2D eigenvalue weighted by Crippen LogP contribution is -2.58. The average molecular weight is 659 g/mol. The molecular weight excluding hydrogens is 606 g/mol. The summed E-state index contributed by atoms with van der Waals surface area (Å²) in [5.41, 5.74) is 1.73. The summed E-state index contributed by atoms with van der Waals surface area (Å²) < 4.78 is 0.731. The first-order valence-electron chi connectivity index (χ1n) is 15.9. The van der Waals surface area contributed by atoms with E-state index in [2.05, 4.69) is 47.4 Å².